The lowest BCUT2D eigenvalue weighted by Crippen LogP contribution is -2.46. The Hall–Kier alpha value is -0.610. The zero-order chi connectivity index (χ0) is 14.7. The fraction of sp³-hybridized carbons (Fsp3) is 0.647. The highest BCUT2D eigenvalue weighted by molar-refractivity contribution is 6.30. The molecule has 0 saturated carbocycles. The molecule has 1 aromatic rings. The van der Waals surface area contributed by atoms with Gasteiger partial charge in [0.15, 0.2) is 0 Å². The van der Waals surface area contributed by atoms with Gasteiger partial charge in [-0.15, -0.1) is 0 Å². The van der Waals surface area contributed by atoms with Crippen molar-refractivity contribution in [1.82, 2.24) is 9.80 Å². The molecule has 0 amide bonds. The van der Waals surface area contributed by atoms with Crippen molar-refractivity contribution < 1.29 is 5.11 Å². The van der Waals surface area contributed by atoms with E-state index < -0.39 is 5.60 Å². The van der Waals surface area contributed by atoms with Gasteiger partial charge in [-0.2, -0.15) is 0 Å². The summed E-state index contributed by atoms with van der Waals surface area (Å²) in [5, 5.41) is 11.6. The Balaban J connectivity index is 1.52. The predicted molar refractivity (Wildman–Crippen MR) is 86.6 cm³/mol. The van der Waals surface area contributed by atoms with Crippen LogP contribution >= 0.6 is 11.6 Å². The molecule has 2 fully saturated rings. The number of benzene rings is 1. The summed E-state index contributed by atoms with van der Waals surface area (Å²) in [4.78, 5) is 4.79. The number of likely N-dealkylation sites (tertiary alicyclic amines) is 2. The summed E-state index contributed by atoms with van der Waals surface area (Å²) in [5.74, 6) is 0. The van der Waals surface area contributed by atoms with E-state index in [0.717, 1.165) is 50.7 Å². The van der Waals surface area contributed by atoms with Crippen LogP contribution in [0.2, 0.25) is 5.02 Å². The zero-order valence-electron chi connectivity index (χ0n) is 12.6. The average Bonchev–Trinajstić information content (AvgIpc) is 2.83. The molecular formula is C17H25ClN2O. The van der Waals surface area contributed by atoms with Gasteiger partial charge >= 0.3 is 0 Å². The van der Waals surface area contributed by atoms with Gasteiger partial charge in [-0.3, -0.25) is 4.90 Å². The average molecular weight is 309 g/mol. The Morgan fingerprint density at radius 2 is 1.71 bits per heavy atom. The smallest absolute Gasteiger partial charge is 0.0912 e. The number of hydrogen-bond acceptors (Lipinski definition) is 3. The van der Waals surface area contributed by atoms with Gasteiger partial charge in [0.1, 0.15) is 0 Å². The Bertz CT molecular complexity index is 458. The standard InChI is InChI=1S/C17H25ClN2O/c18-16-6-4-15(5-7-16)12-20-11-8-17(21,14-20)13-19-9-2-1-3-10-19/h4-7,21H,1-3,8-14H2/t17-/m1/s1. The number of piperidine rings is 1. The van der Waals surface area contributed by atoms with E-state index in [0.29, 0.717) is 0 Å². The van der Waals surface area contributed by atoms with Gasteiger partial charge in [0.2, 0.25) is 0 Å². The number of aliphatic hydroxyl groups is 1. The molecule has 3 nitrogen and oxygen atoms in total. The van der Waals surface area contributed by atoms with Crippen molar-refractivity contribution in [2.24, 2.45) is 0 Å². The summed E-state index contributed by atoms with van der Waals surface area (Å²) in [6.07, 6.45) is 4.80. The van der Waals surface area contributed by atoms with Crippen molar-refractivity contribution in [2.75, 3.05) is 32.7 Å². The van der Waals surface area contributed by atoms with Crippen LogP contribution in [0.25, 0.3) is 0 Å². The molecule has 21 heavy (non-hydrogen) atoms. The van der Waals surface area contributed by atoms with E-state index in [-0.39, 0.29) is 0 Å². The summed E-state index contributed by atoms with van der Waals surface area (Å²) < 4.78 is 0. The Kier molecular flexibility index (Phi) is 4.85. The Labute approximate surface area is 132 Å². The molecule has 2 heterocycles. The van der Waals surface area contributed by atoms with E-state index in [1.54, 1.807) is 0 Å². The number of halogens is 1. The third kappa shape index (κ3) is 4.19. The van der Waals surface area contributed by atoms with Crippen LogP contribution in [-0.4, -0.2) is 53.2 Å². The van der Waals surface area contributed by atoms with Crippen molar-refractivity contribution >= 4 is 11.6 Å². The van der Waals surface area contributed by atoms with Crippen LogP contribution in [-0.2, 0) is 6.54 Å². The summed E-state index contributed by atoms with van der Waals surface area (Å²) in [6.45, 7) is 5.81. The van der Waals surface area contributed by atoms with Gasteiger partial charge in [0.25, 0.3) is 0 Å². The second kappa shape index (κ2) is 6.66. The molecular weight excluding hydrogens is 284 g/mol. The molecule has 0 aromatic heterocycles. The minimum Gasteiger partial charge on any atom is -0.387 e. The molecule has 2 aliphatic rings. The van der Waals surface area contributed by atoms with Crippen LogP contribution in [0.15, 0.2) is 24.3 Å². The van der Waals surface area contributed by atoms with E-state index in [2.05, 4.69) is 21.9 Å². The third-order valence-electron chi connectivity index (χ3n) is 4.70. The van der Waals surface area contributed by atoms with Crippen molar-refractivity contribution in [3.05, 3.63) is 34.9 Å². The largest absolute Gasteiger partial charge is 0.387 e. The summed E-state index contributed by atoms with van der Waals surface area (Å²) in [6, 6.07) is 8.02. The molecule has 1 atom stereocenters. The first kappa shape index (κ1) is 15.3. The number of nitrogens with zero attached hydrogens (tertiary/aromatic N) is 2. The molecule has 1 aromatic carbocycles. The molecule has 1 N–H and O–H groups in total. The minimum atomic E-state index is -0.524. The van der Waals surface area contributed by atoms with Gasteiger partial charge in [0.05, 0.1) is 5.60 Å². The van der Waals surface area contributed by atoms with Crippen molar-refractivity contribution in [3.8, 4) is 0 Å². The van der Waals surface area contributed by atoms with Crippen LogP contribution in [0.4, 0.5) is 0 Å². The van der Waals surface area contributed by atoms with E-state index in [1.165, 1.54) is 24.8 Å². The summed E-state index contributed by atoms with van der Waals surface area (Å²) in [7, 11) is 0. The van der Waals surface area contributed by atoms with Crippen LogP contribution in [0, 0.1) is 0 Å². The SMILES string of the molecule is O[C@@]1(CN2CCCCC2)CCN(Cc2ccc(Cl)cc2)C1. The second-order valence-electron chi connectivity index (χ2n) is 6.65. The molecule has 3 rings (SSSR count). The van der Waals surface area contributed by atoms with Gasteiger partial charge in [-0.25, -0.2) is 0 Å². The highest BCUT2D eigenvalue weighted by atomic mass is 35.5. The number of hydrogen-bond donors (Lipinski definition) is 1. The quantitative estimate of drug-likeness (QED) is 0.926. The lowest BCUT2D eigenvalue weighted by molar-refractivity contribution is 0.00635. The number of rotatable bonds is 4. The van der Waals surface area contributed by atoms with Crippen molar-refractivity contribution in [3.63, 3.8) is 0 Å². The maximum absolute atomic E-state index is 10.8. The van der Waals surface area contributed by atoms with E-state index in [4.69, 9.17) is 11.6 Å². The topological polar surface area (TPSA) is 26.7 Å². The van der Waals surface area contributed by atoms with E-state index >= 15 is 0 Å². The van der Waals surface area contributed by atoms with E-state index in [9.17, 15) is 5.11 Å². The molecule has 116 valence electrons. The Morgan fingerprint density at radius 1 is 1.00 bits per heavy atom. The van der Waals surface area contributed by atoms with E-state index in [1.807, 2.05) is 12.1 Å². The first-order valence-electron chi connectivity index (χ1n) is 8.05. The first-order chi connectivity index (χ1) is 10.1. The molecule has 0 spiro atoms. The van der Waals surface area contributed by atoms with Crippen LogP contribution in [0.1, 0.15) is 31.2 Å². The lowest BCUT2D eigenvalue weighted by atomic mass is 10.0. The van der Waals surface area contributed by atoms with Gasteiger partial charge in [0, 0.05) is 31.2 Å². The maximum Gasteiger partial charge on any atom is 0.0912 e. The fourth-order valence-corrected chi connectivity index (χ4v) is 3.71. The maximum atomic E-state index is 10.8. The Morgan fingerprint density at radius 3 is 2.43 bits per heavy atom. The second-order valence-corrected chi connectivity index (χ2v) is 7.08. The van der Waals surface area contributed by atoms with Crippen LogP contribution in [0.5, 0.6) is 0 Å². The molecule has 0 bridgehead atoms. The normalized spacial score (nSPS) is 28.1. The predicted octanol–water partition coefficient (Wildman–Crippen LogP) is 2.76. The molecule has 0 aliphatic carbocycles. The minimum absolute atomic E-state index is 0.524. The lowest BCUT2D eigenvalue weighted by Gasteiger charge is -2.33. The summed E-state index contributed by atoms with van der Waals surface area (Å²) >= 11 is 5.92. The molecule has 2 saturated heterocycles. The molecule has 2 aliphatic heterocycles. The van der Waals surface area contributed by atoms with Crippen molar-refractivity contribution in [1.29, 1.82) is 0 Å². The fourth-order valence-electron chi connectivity index (χ4n) is 3.59. The monoisotopic (exact) mass is 308 g/mol. The zero-order valence-corrected chi connectivity index (χ0v) is 13.4. The summed E-state index contributed by atoms with van der Waals surface area (Å²) in [5.41, 5.74) is 0.741. The first-order valence-corrected chi connectivity index (χ1v) is 8.42. The highest BCUT2D eigenvalue weighted by Crippen LogP contribution is 2.25. The molecule has 0 unspecified atom stereocenters. The van der Waals surface area contributed by atoms with Crippen LogP contribution < -0.4 is 0 Å². The number of β-amino-alcohol motifs (C(OH)–C–C–N with tert-alkyl or cyclic N) is 1. The van der Waals surface area contributed by atoms with Gasteiger partial charge in [-0.1, -0.05) is 30.2 Å². The van der Waals surface area contributed by atoms with Crippen LogP contribution in [0.3, 0.4) is 0 Å². The third-order valence-corrected chi connectivity index (χ3v) is 4.95. The van der Waals surface area contributed by atoms with Crippen molar-refractivity contribution in [2.45, 2.75) is 37.8 Å². The molecule has 4 heteroatoms. The van der Waals surface area contributed by atoms with Gasteiger partial charge in [-0.05, 0) is 50.0 Å². The highest BCUT2D eigenvalue weighted by Gasteiger charge is 2.37. The van der Waals surface area contributed by atoms with Gasteiger partial charge < -0.3 is 10.0 Å². The molecule has 0 radical (unpaired) electrons.